The summed E-state index contributed by atoms with van der Waals surface area (Å²) < 4.78 is 1.03. The van der Waals surface area contributed by atoms with E-state index in [-0.39, 0.29) is 0 Å². The summed E-state index contributed by atoms with van der Waals surface area (Å²) in [5.74, 6) is 0. The van der Waals surface area contributed by atoms with Crippen molar-refractivity contribution in [2.24, 2.45) is 0 Å². The minimum absolute atomic E-state index is 0.640. The molecule has 0 atom stereocenters. The first kappa shape index (κ1) is 27.1. The van der Waals surface area contributed by atoms with Gasteiger partial charge in [0.2, 0.25) is 0 Å². The van der Waals surface area contributed by atoms with Crippen LogP contribution in [0.4, 0.5) is 0 Å². The van der Waals surface area contributed by atoms with Crippen LogP contribution in [-0.2, 0) is 0 Å². The quantitative estimate of drug-likeness (QED) is 0.142. The fraction of sp³-hybridized carbons (Fsp3) is 1.00. The molecule has 0 saturated heterocycles. The molecule has 0 unspecified atom stereocenters. The largest absolute Gasteiger partial charge is 0.413 e. The van der Waals surface area contributed by atoms with E-state index in [9.17, 15) is 0 Å². The third-order valence-electron chi connectivity index (χ3n) is 5.84. The first-order chi connectivity index (χ1) is 13.0. The predicted molar refractivity (Wildman–Crippen MR) is 122 cm³/mol. The van der Waals surface area contributed by atoms with E-state index in [4.69, 9.17) is 9.59 Å². The molecule has 164 valence electrons. The van der Waals surface area contributed by atoms with Crippen LogP contribution in [0.25, 0.3) is 0 Å². The van der Waals surface area contributed by atoms with Crippen LogP contribution >= 0.6 is 0 Å². The number of hydrogen-bond donors (Lipinski definition) is 2. The van der Waals surface area contributed by atoms with E-state index < -0.39 is 9.28 Å². The lowest BCUT2D eigenvalue weighted by molar-refractivity contribution is -0.890. The molecule has 0 aliphatic rings. The molecule has 27 heavy (non-hydrogen) atoms. The second kappa shape index (κ2) is 19.4. The van der Waals surface area contributed by atoms with Crippen LogP contribution in [0.1, 0.15) is 116 Å². The molecule has 0 rings (SSSR count). The van der Waals surface area contributed by atoms with Crippen molar-refractivity contribution in [2.45, 2.75) is 122 Å². The highest BCUT2D eigenvalue weighted by Crippen LogP contribution is 2.14. The van der Waals surface area contributed by atoms with Gasteiger partial charge in [-0.25, -0.2) is 0 Å². The Hall–Kier alpha value is 0.0969. The fourth-order valence-electron chi connectivity index (χ4n) is 3.90. The van der Waals surface area contributed by atoms with Crippen molar-refractivity contribution in [3.63, 3.8) is 0 Å². The molecule has 0 aliphatic carbocycles. The van der Waals surface area contributed by atoms with Crippen LogP contribution in [0.3, 0.4) is 0 Å². The molecular weight excluding hydrogens is 350 g/mol. The predicted octanol–water partition coefficient (Wildman–Crippen LogP) is 5.92. The van der Waals surface area contributed by atoms with Crippen LogP contribution in [0.5, 0.6) is 0 Å². The van der Waals surface area contributed by atoms with Crippen molar-refractivity contribution >= 4 is 9.28 Å². The molecule has 0 aromatic carbocycles. The van der Waals surface area contributed by atoms with Gasteiger partial charge in [-0.2, -0.15) is 0 Å². The van der Waals surface area contributed by atoms with Crippen LogP contribution < -0.4 is 0 Å². The summed E-state index contributed by atoms with van der Waals surface area (Å²) in [6.45, 7) is 4.59. The molecule has 2 N–H and O–H groups in total. The van der Waals surface area contributed by atoms with Crippen LogP contribution in [0.2, 0.25) is 6.04 Å². The average molecular weight is 403 g/mol. The van der Waals surface area contributed by atoms with E-state index in [0.717, 1.165) is 17.4 Å². The molecular formula is C23H52NO2Si+. The van der Waals surface area contributed by atoms with Gasteiger partial charge in [0.15, 0.2) is 0 Å². The van der Waals surface area contributed by atoms with Crippen molar-refractivity contribution < 1.29 is 14.1 Å². The van der Waals surface area contributed by atoms with Gasteiger partial charge in [-0.1, -0.05) is 96.8 Å². The van der Waals surface area contributed by atoms with E-state index in [1.54, 1.807) is 0 Å². The fourth-order valence-corrected chi connectivity index (χ4v) is 4.45. The zero-order chi connectivity index (χ0) is 20.2. The summed E-state index contributed by atoms with van der Waals surface area (Å²) in [4.78, 5) is 18.1. The topological polar surface area (TPSA) is 40.5 Å². The summed E-state index contributed by atoms with van der Waals surface area (Å²) in [6.07, 6.45) is 23.7. The number of hydrogen-bond acceptors (Lipinski definition) is 2. The molecule has 0 amide bonds. The normalized spacial score (nSPS) is 12.2. The first-order valence-electron chi connectivity index (χ1n) is 12.2. The van der Waals surface area contributed by atoms with Crippen LogP contribution in [0.15, 0.2) is 0 Å². The molecule has 0 heterocycles. The Bertz CT molecular complexity index is 298. The summed E-state index contributed by atoms with van der Waals surface area (Å²) in [5, 5.41) is 0. The molecule has 0 aliphatic heterocycles. The molecule has 0 aromatic heterocycles. The molecule has 0 saturated carbocycles. The second-order valence-electron chi connectivity index (χ2n) is 9.31. The lowest BCUT2D eigenvalue weighted by Crippen LogP contribution is -2.41. The van der Waals surface area contributed by atoms with Crippen molar-refractivity contribution in [1.29, 1.82) is 0 Å². The maximum atomic E-state index is 9.06. The maximum Gasteiger partial charge on any atom is 0.316 e. The highest BCUT2D eigenvalue weighted by atomic mass is 28.3. The molecule has 0 bridgehead atoms. The molecule has 0 fully saturated rings. The van der Waals surface area contributed by atoms with Gasteiger partial charge in [0.25, 0.3) is 0 Å². The van der Waals surface area contributed by atoms with Gasteiger partial charge in [-0.05, 0) is 25.3 Å². The molecule has 0 spiro atoms. The van der Waals surface area contributed by atoms with Crippen molar-refractivity contribution in [2.75, 3.05) is 27.2 Å². The minimum Gasteiger partial charge on any atom is -0.413 e. The Morgan fingerprint density at radius 2 is 0.852 bits per heavy atom. The third kappa shape index (κ3) is 22.3. The number of nitrogens with zero attached hydrogens (tertiary/aromatic N) is 1. The smallest absolute Gasteiger partial charge is 0.316 e. The van der Waals surface area contributed by atoms with E-state index in [0.29, 0.717) is 6.04 Å². The second-order valence-corrected chi connectivity index (χ2v) is 10.8. The van der Waals surface area contributed by atoms with Gasteiger partial charge in [0.05, 0.1) is 27.2 Å². The average Bonchev–Trinajstić information content (AvgIpc) is 2.60. The number of rotatable bonds is 21. The van der Waals surface area contributed by atoms with E-state index in [1.807, 2.05) is 0 Å². The highest BCUT2D eigenvalue weighted by Gasteiger charge is 2.15. The lowest BCUT2D eigenvalue weighted by atomic mass is 10.0. The van der Waals surface area contributed by atoms with E-state index in [1.165, 1.54) is 109 Å². The van der Waals surface area contributed by atoms with Crippen LogP contribution in [0, 0.1) is 0 Å². The van der Waals surface area contributed by atoms with Crippen molar-refractivity contribution in [3.8, 4) is 0 Å². The monoisotopic (exact) mass is 402 g/mol. The zero-order valence-corrected chi connectivity index (χ0v) is 20.2. The Kier molecular flexibility index (Phi) is 19.5. The first-order valence-corrected chi connectivity index (χ1v) is 14.0. The van der Waals surface area contributed by atoms with Crippen molar-refractivity contribution in [1.82, 2.24) is 0 Å². The van der Waals surface area contributed by atoms with E-state index in [2.05, 4.69) is 21.0 Å². The standard InChI is InChI=1S/C23H52NO2Si/c1-4-5-6-7-8-9-10-11-12-13-14-15-16-17-18-19-21-24(2,3)22-20-23-27(25)26/h25-27H,4-23H2,1-3H3/q+1. The van der Waals surface area contributed by atoms with Gasteiger partial charge in [-0.3, -0.25) is 0 Å². The van der Waals surface area contributed by atoms with Crippen LogP contribution in [-0.4, -0.2) is 50.5 Å². The Balaban J connectivity index is 3.22. The lowest BCUT2D eigenvalue weighted by Gasteiger charge is -2.30. The van der Waals surface area contributed by atoms with Gasteiger partial charge in [-0.15, -0.1) is 0 Å². The number of quaternary nitrogens is 1. The SMILES string of the molecule is CCCCCCCCCCCCCCCCCC[N+](C)(C)CCC[SiH](O)O. The van der Waals surface area contributed by atoms with Gasteiger partial charge >= 0.3 is 9.28 Å². The highest BCUT2D eigenvalue weighted by molar-refractivity contribution is 6.40. The summed E-state index contributed by atoms with van der Waals surface area (Å²) in [6, 6.07) is 0.640. The molecule has 0 radical (unpaired) electrons. The maximum absolute atomic E-state index is 9.06. The van der Waals surface area contributed by atoms with Gasteiger partial charge in [0.1, 0.15) is 0 Å². The molecule has 0 aromatic rings. The molecule has 4 heteroatoms. The Labute approximate surface area is 173 Å². The number of unbranched alkanes of at least 4 members (excludes halogenated alkanes) is 15. The van der Waals surface area contributed by atoms with Crippen molar-refractivity contribution in [3.05, 3.63) is 0 Å². The Morgan fingerprint density at radius 3 is 1.22 bits per heavy atom. The summed E-state index contributed by atoms with van der Waals surface area (Å²) >= 11 is 0. The zero-order valence-electron chi connectivity index (χ0n) is 19.1. The van der Waals surface area contributed by atoms with E-state index >= 15 is 0 Å². The molecule has 3 nitrogen and oxygen atoms in total. The van der Waals surface area contributed by atoms with Gasteiger partial charge < -0.3 is 14.1 Å². The third-order valence-corrected chi connectivity index (χ3v) is 6.77. The summed E-state index contributed by atoms with van der Waals surface area (Å²) in [5.41, 5.74) is 0. The minimum atomic E-state index is -2.34. The Morgan fingerprint density at radius 1 is 0.519 bits per heavy atom. The summed E-state index contributed by atoms with van der Waals surface area (Å²) in [7, 11) is 2.21. The van der Waals surface area contributed by atoms with Gasteiger partial charge in [0, 0.05) is 0 Å².